The van der Waals surface area contributed by atoms with Crippen molar-refractivity contribution < 1.29 is 14.3 Å². The van der Waals surface area contributed by atoms with Gasteiger partial charge in [-0.2, -0.15) is 0 Å². The van der Waals surface area contributed by atoms with Crippen LogP contribution in [0, 0.1) is 0 Å². The van der Waals surface area contributed by atoms with Gasteiger partial charge in [0.15, 0.2) is 0 Å². The summed E-state index contributed by atoms with van der Waals surface area (Å²) in [6.07, 6.45) is 2.87. The molecule has 2 aromatic heterocycles. The molecular formula is C24H24Cl2N4O3. The lowest BCUT2D eigenvalue weighted by molar-refractivity contribution is 0.0520. The summed E-state index contributed by atoms with van der Waals surface area (Å²) in [7, 11) is 0. The molecule has 0 aliphatic carbocycles. The van der Waals surface area contributed by atoms with Crippen LogP contribution in [-0.4, -0.2) is 34.1 Å². The molecule has 0 saturated carbocycles. The monoisotopic (exact) mass is 486 g/mol. The van der Waals surface area contributed by atoms with Crippen molar-refractivity contribution in [2.75, 3.05) is 6.54 Å². The summed E-state index contributed by atoms with van der Waals surface area (Å²) in [5.74, 6) is -0.309. The van der Waals surface area contributed by atoms with Gasteiger partial charge in [0.25, 0.3) is 5.91 Å². The van der Waals surface area contributed by atoms with E-state index in [1.54, 1.807) is 51.4 Å². The molecule has 4 rings (SSSR count). The fourth-order valence-corrected chi connectivity index (χ4v) is 4.00. The third-order valence-corrected chi connectivity index (χ3v) is 5.56. The number of amides is 2. The van der Waals surface area contributed by atoms with E-state index < -0.39 is 17.7 Å². The fraction of sp³-hybridized carbons (Fsp3) is 0.250. The minimum atomic E-state index is -0.638. The molecule has 0 radical (unpaired) electrons. The van der Waals surface area contributed by atoms with Crippen molar-refractivity contribution in [3.8, 4) is 0 Å². The van der Waals surface area contributed by atoms with E-state index >= 15 is 0 Å². The van der Waals surface area contributed by atoms with E-state index in [0.29, 0.717) is 21.0 Å². The predicted octanol–water partition coefficient (Wildman–Crippen LogP) is 5.95. The van der Waals surface area contributed by atoms with Crippen LogP contribution in [0.5, 0.6) is 0 Å². The molecule has 0 aliphatic rings. The van der Waals surface area contributed by atoms with Crippen LogP contribution in [-0.2, 0) is 4.74 Å². The van der Waals surface area contributed by atoms with E-state index in [-0.39, 0.29) is 12.5 Å². The van der Waals surface area contributed by atoms with Gasteiger partial charge in [-0.05, 0) is 57.2 Å². The number of hydrogen-bond acceptors (Lipinski definition) is 3. The van der Waals surface area contributed by atoms with Gasteiger partial charge in [-0.15, -0.1) is 0 Å². The van der Waals surface area contributed by atoms with Crippen LogP contribution in [0.4, 0.5) is 4.79 Å². The summed E-state index contributed by atoms with van der Waals surface area (Å²) < 4.78 is 5.35. The standard InChI is InChI=1S/C24H24Cl2N4O3/c1-24(2,3)33-23(32)29-12-21(17-10-27-19-6-4-13(25)8-15(17)19)30-22(31)18-11-28-20-7-5-14(26)9-16(18)20/h4-11,21,27-28H,12H2,1-3H3,(H,29,32)(H,30,31). The zero-order valence-electron chi connectivity index (χ0n) is 18.4. The number of carbonyl (C=O) groups is 2. The number of alkyl carbamates (subject to hydrolysis) is 1. The van der Waals surface area contributed by atoms with Gasteiger partial charge in [0.1, 0.15) is 5.60 Å². The summed E-state index contributed by atoms with van der Waals surface area (Å²) in [4.78, 5) is 31.8. The molecule has 2 heterocycles. The Morgan fingerprint density at radius 2 is 1.58 bits per heavy atom. The zero-order valence-corrected chi connectivity index (χ0v) is 19.9. The van der Waals surface area contributed by atoms with Crippen LogP contribution in [0.15, 0.2) is 48.8 Å². The number of carbonyl (C=O) groups excluding carboxylic acids is 2. The summed E-state index contributed by atoms with van der Waals surface area (Å²) in [6.45, 7) is 5.48. The van der Waals surface area contributed by atoms with Crippen molar-refractivity contribution in [1.29, 1.82) is 0 Å². The number of H-pyrrole nitrogens is 2. The highest BCUT2D eigenvalue weighted by Gasteiger charge is 2.23. The van der Waals surface area contributed by atoms with E-state index in [1.807, 2.05) is 18.2 Å². The van der Waals surface area contributed by atoms with E-state index in [0.717, 1.165) is 22.0 Å². The lowest BCUT2D eigenvalue weighted by Crippen LogP contribution is -2.40. The first-order valence-electron chi connectivity index (χ1n) is 10.4. The normalized spacial score (nSPS) is 12.6. The number of halogens is 2. The Morgan fingerprint density at radius 3 is 2.24 bits per heavy atom. The molecule has 4 aromatic rings. The van der Waals surface area contributed by atoms with Crippen molar-refractivity contribution in [3.05, 3.63) is 70.0 Å². The number of ether oxygens (including phenoxy) is 1. The molecule has 33 heavy (non-hydrogen) atoms. The Hall–Kier alpha value is -3.16. The molecule has 7 nitrogen and oxygen atoms in total. The second-order valence-corrected chi connectivity index (χ2v) is 9.61. The Kier molecular flexibility index (Phi) is 6.28. The molecule has 0 fully saturated rings. The molecule has 0 saturated heterocycles. The number of aromatic amines is 2. The first-order chi connectivity index (χ1) is 15.6. The predicted molar refractivity (Wildman–Crippen MR) is 131 cm³/mol. The van der Waals surface area contributed by atoms with Gasteiger partial charge in [0.2, 0.25) is 0 Å². The minimum Gasteiger partial charge on any atom is -0.444 e. The van der Waals surface area contributed by atoms with Crippen LogP contribution in [0.2, 0.25) is 10.0 Å². The van der Waals surface area contributed by atoms with E-state index in [2.05, 4.69) is 20.6 Å². The Bertz CT molecular complexity index is 1340. The van der Waals surface area contributed by atoms with Crippen LogP contribution in [0.3, 0.4) is 0 Å². The lowest BCUT2D eigenvalue weighted by Gasteiger charge is -2.22. The third kappa shape index (κ3) is 5.26. The highest BCUT2D eigenvalue weighted by atomic mass is 35.5. The van der Waals surface area contributed by atoms with E-state index in [9.17, 15) is 9.59 Å². The van der Waals surface area contributed by atoms with Gasteiger partial charge < -0.3 is 25.3 Å². The first kappa shape index (κ1) is 23.0. The van der Waals surface area contributed by atoms with Gasteiger partial charge in [-0.3, -0.25) is 4.79 Å². The van der Waals surface area contributed by atoms with Crippen molar-refractivity contribution >= 4 is 57.0 Å². The van der Waals surface area contributed by atoms with Gasteiger partial charge in [0, 0.05) is 56.4 Å². The van der Waals surface area contributed by atoms with Crippen molar-refractivity contribution in [2.45, 2.75) is 32.4 Å². The summed E-state index contributed by atoms with van der Waals surface area (Å²) in [5.41, 5.74) is 2.26. The second-order valence-electron chi connectivity index (χ2n) is 8.74. The average molecular weight is 487 g/mol. The Balaban J connectivity index is 1.64. The molecule has 4 N–H and O–H groups in total. The minimum absolute atomic E-state index is 0.114. The number of aromatic nitrogens is 2. The molecule has 0 bridgehead atoms. The molecule has 2 amide bonds. The number of benzene rings is 2. The molecular weight excluding hydrogens is 463 g/mol. The maximum Gasteiger partial charge on any atom is 0.407 e. The van der Waals surface area contributed by atoms with E-state index in [1.165, 1.54) is 0 Å². The average Bonchev–Trinajstić information content (AvgIpc) is 3.33. The van der Waals surface area contributed by atoms with Crippen molar-refractivity contribution in [2.24, 2.45) is 0 Å². The van der Waals surface area contributed by atoms with Crippen LogP contribution in [0.25, 0.3) is 21.8 Å². The largest absolute Gasteiger partial charge is 0.444 e. The van der Waals surface area contributed by atoms with Gasteiger partial charge in [-0.1, -0.05) is 23.2 Å². The second kappa shape index (κ2) is 9.00. The van der Waals surface area contributed by atoms with Crippen LogP contribution >= 0.6 is 23.2 Å². The molecule has 0 spiro atoms. The molecule has 1 atom stereocenters. The maximum absolute atomic E-state index is 13.3. The molecule has 0 aliphatic heterocycles. The number of rotatable bonds is 5. The third-order valence-electron chi connectivity index (χ3n) is 5.09. The van der Waals surface area contributed by atoms with Crippen LogP contribution in [0.1, 0.15) is 42.7 Å². The first-order valence-corrected chi connectivity index (χ1v) is 11.2. The van der Waals surface area contributed by atoms with Gasteiger partial charge in [-0.25, -0.2) is 4.79 Å². The van der Waals surface area contributed by atoms with Gasteiger partial charge >= 0.3 is 6.09 Å². The fourth-order valence-electron chi connectivity index (χ4n) is 3.66. The highest BCUT2D eigenvalue weighted by molar-refractivity contribution is 6.31. The quantitative estimate of drug-likeness (QED) is 0.280. The summed E-state index contributed by atoms with van der Waals surface area (Å²) in [6, 6.07) is 10.2. The van der Waals surface area contributed by atoms with Crippen LogP contribution < -0.4 is 10.6 Å². The molecule has 1 unspecified atom stereocenters. The Labute approximate surface area is 200 Å². The van der Waals surface area contributed by atoms with Crippen molar-refractivity contribution in [3.63, 3.8) is 0 Å². The number of nitrogens with one attached hydrogen (secondary N) is 4. The smallest absolute Gasteiger partial charge is 0.407 e. The maximum atomic E-state index is 13.3. The van der Waals surface area contributed by atoms with Crippen molar-refractivity contribution in [1.82, 2.24) is 20.6 Å². The highest BCUT2D eigenvalue weighted by Crippen LogP contribution is 2.28. The summed E-state index contributed by atoms with van der Waals surface area (Å²) >= 11 is 12.3. The number of fused-ring (bicyclic) bond motifs is 2. The zero-order chi connectivity index (χ0) is 23.8. The molecule has 2 aromatic carbocycles. The SMILES string of the molecule is CC(C)(C)OC(=O)NCC(NC(=O)c1c[nH]c2ccc(Cl)cc12)c1c[nH]c2ccc(Cl)cc12. The lowest BCUT2D eigenvalue weighted by atomic mass is 10.0. The van der Waals surface area contributed by atoms with E-state index in [4.69, 9.17) is 27.9 Å². The molecule has 9 heteroatoms. The van der Waals surface area contributed by atoms with Gasteiger partial charge in [0.05, 0.1) is 11.6 Å². The number of hydrogen-bond donors (Lipinski definition) is 4. The Morgan fingerprint density at radius 1 is 0.970 bits per heavy atom. The summed E-state index contributed by atoms with van der Waals surface area (Å²) in [5, 5.41) is 8.44. The molecule has 172 valence electrons. The topological polar surface area (TPSA) is 99.0 Å².